The second-order valence-electron chi connectivity index (χ2n) is 3.89. The van der Waals surface area contributed by atoms with Crippen LogP contribution in [0.3, 0.4) is 0 Å². The van der Waals surface area contributed by atoms with Crippen LogP contribution in [0.1, 0.15) is 6.92 Å². The zero-order valence-electron chi connectivity index (χ0n) is 10.7. The molecule has 0 aliphatic rings. The summed E-state index contributed by atoms with van der Waals surface area (Å²) in [6.45, 7) is 2.02. The Morgan fingerprint density at radius 2 is 1.94 bits per heavy atom. The number of amides is 1. The Bertz CT molecular complexity index is 349. The van der Waals surface area contributed by atoms with Crippen LogP contribution in [0.25, 0.3) is 0 Å². The number of carbonyl (C=O) groups excluding carboxylic acids is 2. The maximum Gasteiger partial charge on any atom is 0.334 e. The topological polar surface area (TPSA) is 95.9 Å². The number of ether oxygens (including phenoxy) is 1. The molecule has 0 bridgehead atoms. The van der Waals surface area contributed by atoms with E-state index >= 15 is 0 Å². The maximum atomic E-state index is 11.2. The molecule has 0 aromatic carbocycles. The van der Waals surface area contributed by atoms with E-state index < -0.39 is 24.5 Å². The van der Waals surface area contributed by atoms with Gasteiger partial charge < -0.3 is 20.1 Å². The van der Waals surface area contributed by atoms with Crippen LogP contribution in [0, 0.1) is 0 Å². The molecule has 0 spiro atoms. The van der Waals surface area contributed by atoms with Crippen LogP contribution in [0.15, 0.2) is 11.6 Å². The number of likely N-dealkylation sites (N-methyl/N-ethyl adjacent to an activating group) is 1. The minimum Gasteiger partial charge on any atom is -0.478 e. The number of rotatable bonds is 7. The highest BCUT2D eigenvalue weighted by molar-refractivity contribution is 5.96. The fraction of sp³-hybridized carbons (Fsp3) is 0.545. The van der Waals surface area contributed by atoms with Gasteiger partial charge in [-0.3, -0.25) is 4.79 Å². The van der Waals surface area contributed by atoms with E-state index in [4.69, 9.17) is 5.11 Å². The standard InChI is InChI=1S/C11H18N2O5/c1-8(6-10(15)16)11(17)18-7-9(14)12-4-5-13(2)3/h6H,4-5,7H2,1-3H3,(H,12,14)(H,15,16)/b8-6+. The number of carboxylic acid groups (broad SMARTS) is 1. The number of esters is 1. The zero-order chi connectivity index (χ0) is 14.1. The predicted molar refractivity (Wildman–Crippen MR) is 63.9 cm³/mol. The van der Waals surface area contributed by atoms with Gasteiger partial charge >= 0.3 is 11.9 Å². The van der Waals surface area contributed by atoms with Crippen molar-refractivity contribution < 1.29 is 24.2 Å². The molecular formula is C11H18N2O5. The Balaban J connectivity index is 3.92. The van der Waals surface area contributed by atoms with E-state index in [0.29, 0.717) is 13.1 Å². The monoisotopic (exact) mass is 258 g/mol. The summed E-state index contributed by atoms with van der Waals surface area (Å²) in [6, 6.07) is 0. The number of hydrogen-bond donors (Lipinski definition) is 2. The summed E-state index contributed by atoms with van der Waals surface area (Å²) in [5, 5.41) is 11.0. The molecule has 0 aliphatic heterocycles. The molecule has 0 unspecified atom stereocenters. The lowest BCUT2D eigenvalue weighted by Gasteiger charge is -2.10. The van der Waals surface area contributed by atoms with Crippen LogP contribution in [0.2, 0.25) is 0 Å². The minimum atomic E-state index is -1.24. The van der Waals surface area contributed by atoms with Gasteiger partial charge in [-0.2, -0.15) is 0 Å². The van der Waals surface area contributed by atoms with E-state index in [-0.39, 0.29) is 5.57 Å². The summed E-state index contributed by atoms with van der Waals surface area (Å²) in [5.41, 5.74) is -0.0661. The van der Waals surface area contributed by atoms with Gasteiger partial charge in [-0.1, -0.05) is 0 Å². The normalized spacial score (nSPS) is 11.2. The van der Waals surface area contributed by atoms with Crippen LogP contribution in [-0.2, 0) is 19.1 Å². The van der Waals surface area contributed by atoms with Crippen molar-refractivity contribution in [1.82, 2.24) is 10.2 Å². The van der Waals surface area contributed by atoms with E-state index in [1.807, 2.05) is 19.0 Å². The first kappa shape index (κ1) is 16.1. The van der Waals surface area contributed by atoms with Crippen molar-refractivity contribution in [2.45, 2.75) is 6.92 Å². The first-order chi connectivity index (χ1) is 8.32. The first-order valence-electron chi connectivity index (χ1n) is 5.32. The summed E-state index contributed by atoms with van der Waals surface area (Å²) >= 11 is 0. The number of carboxylic acids is 1. The molecule has 102 valence electrons. The second kappa shape index (κ2) is 8.24. The van der Waals surface area contributed by atoms with Gasteiger partial charge in [0.05, 0.1) is 0 Å². The smallest absolute Gasteiger partial charge is 0.334 e. The molecule has 2 N–H and O–H groups in total. The molecule has 7 nitrogen and oxygen atoms in total. The number of nitrogens with zero attached hydrogens (tertiary/aromatic N) is 1. The zero-order valence-corrected chi connectivity index (χ0v) is 10.7. The largest absolute Gasteiger partial charge is 0.478 e. The lowest BCUT2D eigenvalue weighted by Crippen LogP contribution is -2.34. The SMILES string of the molecule is C/C(=C\C(=O)O)C(=O)OCC(=O)NCCN(C)C. The molecule has 0 aromatic rings. The molecule has 1 amide bonds. The molecule has 0 fully saturated rings. The van der Waals surface area contributed by atoms with Gasteiger partial charge in [0.25, 0.3) is 5.91 Å². The third kappa shape index (κ3) is 8.28. The third-order valence-corrected chi connectivity index (χ3v) is 1.88. The van der Waals surface area contributed by atoms with E-state index in [9.17, 15) is 14.4 Å². The average Bonchev–Trinajstić information content (AvgIpc) is 2.24. The lowest BCUT2D eigenvalue weighted by atomic mass is 10.3. The van der Waals surface area contributed by atoms with Crippen LogP contribution < -0.4 is 5.32 Å². The summed E-state index contributed by atoms with van der Waals surface area (Å²) in [4.78, 5) is 34.6. The van der Waals surface area contributed by atoms with E-state index in [0.717, 1.165) is 6.08 Å². The van der Waals surface area contributed by atoms with Crippen molar-refractivity contribution in [1.29, 1.82) is 0 Å². The van der Waals surface area contributed by atoms with Crippen molar-refractivity contribution in [3.8, 4) is 0 Å². The minimum absolute atomic E-state index is 0.0661. The fourth-order valence-electron chi connectivity index (χ4n) is 0.959. The summed E-state index contributed by atoms with van der Waals surface area (Å²) < 4.78 is 4.63. The molecule has 0 heterocycles. The first-order valence-corrected chi connectivity index (χ1v) is 5.32. The quantitative estimate of drug-likeness (QED) is 0.460. The summed E-state index contributed by atoms with van der Waals surface area (Å²) in [6.07, 6.45) is 0.728. The number of nitrogens with one attached hydrogen (secondary N) is 1. The number of carbonyl (C=O) groups is 3. The highest BCUT2D eigenvalue weighted by Crippen LogP contribution is 1.96. The molecule has 7 heteroatoms. The van der Waals surface area contributed by atoms with Crippen LogP contribution in [0.4, 0.5) is 0 Å². The van der Waals surface area contributed by atoms with Crippen molar-refractivity contribution in [2.75, 3.05) is 33.8 Å². The molecule has 0 atom stereocenters. The maximum absolute atomic E-state index is 11.2. The number of aliphatic carboxylic acids is 1. The molecule has 0 rings (SSSR count). The molecule has 0 radical (unpaired) electrons. The second-order valence-corrected chi connectivity index (χ2v) is 3.89. The molecular weight excluding hydrogens is 240 g/mol. The van der Waals surface area contributed by atoms with E-state index in [1.54, 1.807) is 0 Å². The average molecular weight is 258 g/mol. The number of hydrogen-bond acceptors (Lipinski definition) is 5. The van der Waals surface area contributed by atoms with Crippen LogP contribution in [-0.4, -0.2) is 61.6 Å². The highest BCUT2D eigenvalue weighted by atomic mass is 16.5. The molecule has 0 aromatic heterocycles. The van der Waals surface area contributed by atoms with Gasteiger partial charge in [0.2, 0.25) is 0 Å². The molecule has 0 aliphatic carbocycles. The fourth-order valence-corrected chi connectivity index (χ4v) is 0.959. The predicted octanol–water partition coefficient (Wildman–Crippen LogP) is -0.762. The van der Waals surface area contributed by atoms with Gasteiger partial charge in [-0.05, 0) is 21.0 Å². The van der Waals surface area contributed by atoms with E-state index in [1.165, 1.54) is 6.92 Å². The Morgan fingerprint density at radius 1 is 1.33 bits per heavy atom. The van der Waals surface area contributed by atoms with Crippen LogP contribution >= 0.6 is 0 Å². The molecule has 18 heavy (non-hydrogen) atoms. The van der Waals surface area contributed by atoms with Crippen molar-refractivity contribution in [3.63, 3.8) is 0 Å². The Kier molecular flexibility index (Phi) is 7.37. The highest BCUT2D eigenvalue weighted by Gasteiger charge is 2.10. The van der Waals surface area contributed by atoms with Gasteiger partial charge in [0.1, 0.15) is 0 Å². The van der Waals surface area contributed by atoms with Crippen molar-refractivity contribution in [3.05, 3.63) is 11.6 Å². The van der Waals surface area contributed by atoms with Gasteiger partial charge in [-0.15, -0.1) is 0 Å². The van der Waals surface area contributed by atoms with Gasteiger partial charge in [-0.25, -0.2) is 9.59 Å². The van der Waals surface area contributed by atoms with Gasteiger partial charge in [0.15, 0.2) is 6.61 Å². The third-order valence-electron chi connectivity index (χ3n) is 1.88. The molecule has 0 saturated carbocycles. The summed E-state index contributed by atoms with van der Waals surface area (Å²) in [5.74, 6) is -2.48. The Hall–Kier alpha value is -1.89. The van der Waals surface area contributed by atoms with Crippen LogP contribution in [0.5, 0.6) is 0 Å². The lowest BCUT2D eigenvalue weighted by molar-refractivity contribution is -0.145. The summed E-state index contributed by atoms with van der Waals surface area (Å²) in [7, 11) is 3.73. The van der Waals surface area contributed by atoms with Gasteiger partial charge in [0, 0.05) is 24.7 Å². The van der Waals surface area contributed by atoms with Crippen molar-refractivity contribution in [2.24, 2.45) is 0 Å². The van der Waals surface area contributed by atoms with Crippen molar-refractivity contribution >= 4 is 17.8 Å². The Morgan fingerprint density at radius 3 is 2.44 bits per heavy atom. The van der Waals surface area contributed by atoms with E-state index in [2.05, 4.69) is 10.1 Å². The Labute approximate surface area is 105 Å². The molecule has 0 saturated heterocycles.